The van der Waals surface area contributed by atoms with Gasteiger partial charge in [0.1, 0.15) is 11.6 Å². The van der Waals surface area contributed by atoms with E-state index in [9.17, 15) is 14.0 Å². The highest BCUT2D eigenvalue weighted by Gasteiger charge is 2.30. The minimum atomic E-state index is -0.366. The molecule has 218 valence electrons. The van der Waals surface area contributed by atoms with Gasteiger partial charge in [-0.25, -0.2) is 4.39 Å². The highest BCUT2D eigenvalue weighted by molar-refractivity contribution is 7.99. The molecular weight excluding hydrogens is 549 g/mol. The van der Waals surface area contributed by atoms with Gasteiger partial charge in [0, 0.05) is 49.8 Å². The number of amides is 2. The molecule has 9 heteroatoms. The number of rotatable bonds is 10. The lowest BCUT2D eigenvalue weighted by Gasteiger charge is -2.40. The number of nitrogens with zero attached hydrogens (tertiary/aromatic N) is 5. The third-order valence-electron chi connectivity index (χ3n) is 7.61. The van der Waals surface area contributed by atoms with E-state index in [1.807, 2.05) is 42.2 Å². The Morgan fingerprint density at radius 2 is 1.67 bits per heavy atom. The molecule has 2 amide bonds. The maximum atomic E-state index is 13.2. The first-order chi connectivity index (χ1) is 20.4. The molecule has 5 rings (SSSR count). The van der Waals surface area contributed by atoms with Crippen LogP contribution in [0.25, 0.3) is 5.69 Å². The third-order valence-corrected chi connectivity index (χ3v) is 8.63. The number of thioether (sulfide) groups is 1. The van der Waals surface area contributed by atoms with Crippen molar-refractivity contribution in [3.8, 4) is 5.69 Å². The van der Waals surface area contributed by atoms with Crippen molar-refractivity contribution in [2.75, 3.05) is 25.4 Å². The Kier molecular flexibility index (Phi) is 9.69. The number of para-hydroxylation sites is 1. The molecule has 1 fully saturated rings. The molecule has 42 heavy (non-hydrogen) atoms. The molecule has 0 N–H and O–H groups in total. The molecule has 1 unspecified atom stereocenters. The van der Waals surface area contributed by atoms with E-state index in [1.54, 1.807) is 16.7 Å². The monoisotopic (exact) mass is 585 g/mol. The summed E-state index contributed by atoms with van der Waals surface area (Å²) in [5.74, 6) is 1.36. The van der Waals surface area contributed by atoms with Crippen molar-refractivity contribution < 1.29 is 14.0 Å². The van der Waals surface area contributed by atoms with Crippen molar-refractivity contribution in [1.82, 2.24) is 24.6 Å². The van der Waals surface area contributed by atoms with Crippen molar-refractivity contribution in [3.63, 3.8) is 0 Å². The van der Waals surface area contributed by atoms with Gasteiger partial charge >= 0.3 is 0 Å². The van der Waals surface area contributed by atoms with Crippen molar-refractivity contribution >= 4 is 23.6 Å². The predicted octanol–water partition coefficient (Wildman–Crippen LogP) is 5.94. The molecule has 0 saturated carbocycles. The number of halogens is 1. The first-order valence-corrected chi connectivity index (χ1v) is 15.4. The average molecular weight is 586 g/mol. The fourth-order valence-electron chi connectivity index (χ4n) is 5.29. The van der Waals surface area contributed by atoms with E-state index in [1.165, 1.54) is 29.8 Å². The summed E-state index contributed by atoms with van der Waals surface area (Å²) in [7, 11) is 0. The minimum absolute atomic E-state index is 0.103. The molecule has 2 heterocycles. The Morgan fingerprint density at radius 3 is 2.40 bits per heavy atom. The normalized spacial score (nSPS) is 15.2. The van der Waals surface area contributed by atoms with Gasteiger partial charge in [0.15, 0.2) is 5.16 Å². The topological polar surface area (TPSA) is 71.3 Å². The molecule has 0 spiro atoms. The number of benzene rings is 3. The van der Waals surface area contributed by atoms with E-state index < -0.39 is 0 Å². The second kappa shape index (κ2) is 13.8. The van der Waals surface area contributed by atoms with Crippen LogP contribution in [0.2, 0.25) is 0 Å². The van der Waals surface area contributed by atoms with E-state index in [0.29, 0.717) is 38.0 Å². The number of unbranched alkanes of at least 4 members (excludes halogenated alkanes) is 1. The molecule has 0 bridgehead atoms. The molecule has 3 aromatic carbocycles. The van der Waals surface area contributed by atoms with Gasteiger partial charge in [-0.1, -0.05) is 60.3 Å². The van der Waals surface area contributed by atoms with E-state index >= 15 is 0 Å². The van der Waals surface area contributed by atoms with Crippen LogP contribution >= 0.6 is 11.8 Å². The summed E-state index contributed by atoms with van der Waals surface area (Å²) in [6.45, 7) is 5.53. The summed E-state index contributed by atoms with van der Waals surface area (Å²) in [6.07, 6.45) is 2.83. The van der Waals surface area contributed by atoms with Gasteiger partial charge in [0.05, 0.1) is 5.69 Å². The Hall–Kier alpha value is -3.98. The largest absolute Gasteiger partial charge is 0.339 e. The predicted molar refractivity (Wildman–Crippen MR) is 163 cm³/mol. The van der Waals surface area contributed by atoms with Crippen LogP contribution < -0.4 is 0 Å². The summed E-state index contributed by atoms with van der Waals surface area (Å²) < 4.78 is 15.4. The fraction of sp³-hybridized carbons (Fsp3) is 0.333. The van der Waals surface area contributed by atoms with Crippen LogP contribution in [0.3, 0.4) is 0 Å². The van der Waals surface area contributed by atoms with E-state index in [-0.39, 0.29) is 23.7 Å². The van der Waals surface area contributed by atoms with Gasteiger partial charge in [0.25, 0.3) is 5.91 Å². The second-order valence-electron chi connectivity index (χ2n) is 10.7. The summed E-state index contributed by atoms with van der Waals surface area (Å²) in [5, 5.41) is 9.95. The average Bonchev–Trinajstić information content (AvgIpc) is 3.39. The zero-order valence-corrected chi connectivity index (χ0v) is 24.9. The maximum Gasteiger partial charge on any atom is 0.254 e. The van der Waals surface area contributed by atoms with Crippen molar-refractivity contribution in [2.45, 2.75) is 50.7 Å². The zero-order chi connectivity index (χ0) is 29.5. The fourth-order valence-corrected chi connectivity index (χ4v) is 6.25. The van der Waals surface area contributed by atoms with Crippen LogP contribution in [-0.4, -0.2) is 67.8 Å². The zero-order valence-electron chi connectivity index (χ0n) is 24.1. The maximum absolute atomic E-state index is 13.2. The Morgan fingerprint density at radius 1 is 0.929 bits per heavy atom. The van der Waals surface area contributed by atoms with Crippen molar-refractivity contribution in [3.05, 3.63) is 107 Å². The van der Waals surface area contributed by atoms with E-state index in [0.717, 1.165) is 40.8 Å². The number of aryl methyl sites for hydroxylation is 1. The minimum Gasteiger partial charge on any atom is -0.339 e. The molecule has 1 saturated heterocycles. The lowest BCUT2D eigenvalue weighted by molar-refractivity contribution is -0.133. The van der Waals surface area contributed by atoms with Gasteiger partial charge in [-0.15, -0.1) is 10.2 Å². The smallest absolute Gasteiger partial charge is 0.254 e. The van der Waals surface area contributed by atoms with E-state index in [4.69, 9.17) is 0 Å². The molecule has 1 aliphatic heterocycles. The lowest BCUT2D eigenvalue weighted by Crippen LogP contribution is -2.55. The molecule has 7 nitrogen and oxygen atoms in total. The van der Waals surface area contributed by atoms with Crippen LogP contribution in [0.15, 0.2) is 84.0 Å². The van der Waals surface area contributed by atoms with Crippen molar-refractivity contribution in [1.29, 1.82) is 0 Å². The summed E-state index contributed by atoms with van der Waals surface area (Å²) >= 11 is 1.67. The number of hydrogen-bond acceptors (Lipinski definition) is 5. The molecule has 0 radical (unpaired) electrons. The Balaban J connectivity index is 1.12. The Bertz CT molecular complexity index is 1510. The number of aromatic nitrogens is 3. The van der Waals surface area contributed by atoms with Gasteiger partial charge in [-0.3, -0.25) is 14.2 Å². The van der Waals surface area contributed by atoms with Gasteiger partial charge < -0.3 is 9.80 Å². The highest BCUT2D eigenvalue weighted by atomic mass is 32.2. The molecule has 1 atom stereocenters. The number of carbonyl (C=O) groups excluding carboxylic acids is 2. The van der Waals surface area contributed by atoms with Gasteiger partial charge in [0.2, 0.25) is 5.91 Å². The van der Waals surface area contributed by atoms with Crippen LogP contribution in [0.4, 0.5) is 4.39 Å². The van der Waals surface area contributed by atoms with Gasteiger partial charge in [-0.05, 0) is 68.1 Å². The molecule has 0 aliphatic carbocycles. The second-order valence-corrected chi connectivity index (χ2v) is 11.7. The molecule has 4 aromatic rings. The highest BCUT2D eigenvalue weighted by Crippen LogP contribution is 2.26. The quantitative estimate of drug-likeness (QED) is 0.170. The number of piperazine rings is 1. The number of hydrogen-bond donors (Lipinski definition) is 0. The van der Waals surface area contributed by atoms with Crippen LogP contribution in [0.1, 0.15) is 53.5 Å². The van der Waals surface area contributed by atoms with E-state index in [2.05, 4.69) is 46.0 Å². The first kappa shape index (κ1) is 29.5. The summed E-state index contributed by atoms with van der Waals surface area (Å²) in [4.78, 5) is 29.5. The third kappa shape index (κ3) is 7.07. The number of carbonyl (C=O) groups is 2. The standard InChI is InChI=1S/C33H36FN5O2S/c1-24-10-6-7-13-29(24)39-30(22-26-11-4-3-5-12-26)35-36-33(39)42-21-9-8-14-31(40)37-19-20-38(25(2)23-37)32(41)27-15-17-28(34)18-16-27/h3-7,10-13,15-18,25H,8-9,14,19-23H2,1-2H3. The molecule has 1 aromatic heterocycles. The first-order valence-electron chi connectivity index (χ1n) is 14.4. The van der Waals surface area contributed by atoms with Gasteiger partial charge in [-0.2, -0.15) is 0 Å². The molecular formula is C33H36FN5O2S. The summed E-state index contributed by atoms with van der Waals surface area (Å²) in [5.41, 5.74) is 3.89. The lowest BCUT2D eigenvalue weighted by atomic mass is 10.1. The van der Waals surface area contributed by atoms with Crippen LogP contribution in [-0.2, 0) is 11.2 Å². The molecule has 1 aliphatic rings. The van der Waals surface area contributed by atoms with Crippen LogP contribution in [0, 0.1) is 12.7 Å². The van der Waals surface area contributed by atoms with Crippen molar-refractivity contribution in [2.24, 2.45) is 0 Å². The van der Waals surface area contributed by atoms with Crippen LogP contribution in [0.5, 0.6) is 0 Å². The summed E-state index contributed by atoms with van der Waals surface area (Å²) in [6, 6.07) is 24.1. The Labute approximate surface area is 250 Å². The SMILES string of the molecule is Cc1ccccc1-n1c(Cc2ccccc2)nnc1SCCCCC(=O)N1CCN(C(=O)c2ccc(F)cc2)C(C)C1.